The van der Waals surface area contributed by atoms with Crippen molar-refractivity contribution in [2.45, 2.75) is 6.43 Å². The number of halogens is 4. The molecule has 1 rings (SSSR count). The predicted octanol–water partition coefficient (Wildman–Crippen LogP) is 3.14. The molecule has 0 aliphatic heterocycles. The summed E-state index contributed by atoms with van der Waals surface area (Å²) < 4.78 is 41.5. The summed E-state index contributed by atoms with van der Waals surface area (Å²) in [6.45, 7) is -1.03. The minimum atomic E-state index is -2.79. The Morgan fingerprint density at radius 1 is 1.50 bits per heavy atom. The molecule has 0 saturated heterocycles. The molecule has 0 unspecified atom stereocenters. The average molecular weight is 300 g/mol. The summed E-state index contributed by atoms with van der Waals surface area (Å²) >= 11 is 2.87. The summed E-state index contributed by atoms with van der Waals surface area (Å²) in [7, 11) is 0. The second-order valence-corrected chi connectivity index (χ2v) is 3.61. The van der Waals surface area contributed by atoms with Crippen molar-refractivity contribution in [1.82, 2.24) is 0 Å². The van der Waals surface area contributed by atoms with Crippen LogP contribution in [0.2, 0.25) is 0 Å². The third-order valence-corrected chi connectivity index (χ3v) is 2.00. The summed E-state index contributed by atoms with van der Waals surface area (Å²) in [5.74, 6) is -1.68. The van der Waals surface area contributed by atoms with Crippen LogP contribution in [0.5, 0.6) is 5.75 Å². The van der Waals surface area contributed by atoms with Gasteiger partial charge >= 0.3 is 5.69 Å². The van der Waals surface area contributed by atoms with Crippen molar-refractivity contribution in [3.63, 3.8) is 0 Å². The van der Waals surface area contributed by atoms with E-state index in [-0.39, 0.29) is 4.47 Å². The van der Waals surface area contributed by atoms with E-state index >= 15 is 0 Å². The first-order valence-corrected chi connectivity index (χ1v) is 4.75. The number of rotatable bonds is 4. The van der Waals surface area contributed by atoms with Crippen LogP contribution in [0.25, 0.3) is 0 Å². The Bertz CT molecular complexity index is 414. The molecule has 0 fully saturated rings. The number of nitro benzene ring substituents is 1. The van der Waals surface area contributed by atoms with Crippen LogP contribution in [0.4, 0.5) is 18.9 Å². The van der Waals surface area contributed by atoms with E-state index in [1.165, 1.54) is 0 Å². The van der Waals surface area contributed by atoms with Gasteiger partial charge in [-0.25, -0.2) is 8.78 Å². The molecule has 0 spiro atoms. The molecule has 16 heavy (non-hydrogen) atoms. The number of hydrogen-bond donors (Lipinski definition) is 0. The van der Waals surface area contributed by atoms with E-state index in [0.717, 1.165) is 12.1 Å². The van der Waals surface area contributed by atoms with Gasteiger partial charge in [-0.15, -0.1) is 0 Å². The summed E-state index contributed by atoms with van der Waals surface area (Å²) in [4.78, 5) is 9.46. The van der Waals surface area contributed by atoms with E-state index in [4.69, 9.17) is 0 Å². The van der Waals surface area contributed by atoms with Crippen LogP contribution in [0.15, 0.2) is 16.6 Å². The molecule has 8 heteroatoms. The molecule has 0 atom stereocenters. The number of ether oxygens (including phenoxy) is 1. The molecule has 0 heterocycles. The van der Waals surface area contributed by atoms with Gasteiger partial charge in [0.05, 0.1) is 4.92 Å². The van der Waals surface area contributed by atoms with Crippen molar-refractivity contribution in [1.29, 1.82) is 0 Å². The lowest BCUT2D eigenvalue weighted by atomic mass is 10.3. The Labute approximate surface area is 96.3 Å². The molecule has 0 aliphatic carbocycles. The van der Waals surface area contributed by atoms with Crippen LogP contribution < -0.4 is 4.74 Å². The van der Waals surface area contributed by atoms with Crippen molar-refractivity contribution in [3.05, 3.63) is 32.5 Å². The van der Waals surface area contributed by atoms with Crippen LogP contribution in [0.1, 0.15) is 0 Å². The van der Waals surface area contributed by atoms with Gasteiger partial charge in [0.25, 0.3) is 6.43 Å². The standard InChI is InChI=1S/C8H5BrF3NO3/c9-4-1-5(10)8(13(14)15)6(2-4)16-3-7(11)12/h1-2,7H,3H2. The van der Waals surface area contributed by atoms with Gasteiger partial charge < -0.3 is 4.74 Å². The monoisotopic (exact) mass is 299 g/mol. The zero-order chi connectivity index (χ0) is 12.3. The molecule has 0 amide bonds. The first-order chi connectivity index (χ1) is 7.41. The van der Waals surface area contributed by atoms with Crippen molar-refractivity contribution in [3.8, 4) is 5.75 Å². The van der Waals surface area contributed by atoms with Crippen LogP contribution in [0.3, 0.4) is 0 Å². The van der Waals surface area contributed by atoms with Crippen molar-refractivity contribution in [2.24, 2.45) is 0 Å². The highest BCUT2D eigenvalue weighted by molar-refractivity contribution is 9.10. The van der Waals surface area contributed by atoms with Gasteiger partial charge in [-0.1, -0.05) is 15.9 Å². The van der Waals surface area contributed by atoms with Crippen molar-refractivity contribution in [2.75, 3.05) is 6.61 Å². The molecule has 0 saturated carbocycles. The maximum Gasteiger partial charge on any atom is 0.346 e. The number of benzene rings is 1. The molecule has 0 aliphatic rings. The Kier molecular flexibility index (Phi) is 4.11. The summed E-state index contributed by atoms with van der Waals surface area (Å²) in [5.41, 5.74) is -0.955. The maximum absolute atomic E-state index is 13.1. The molecular formula is C8H5BrF3NO3. The molecule has 0 bridgehead atoms. The fourth-order valence-electron chi connectivity index (χ4n) is 0.982. The minimum absolute atomic E-state index is 0.167. The van der Waals surface area contributed by atoms with Gasteiger partial charge in [-0.3, -0.25) is 10.1 Å². The third kappa shape index (κ3) is 3.09. The fraction of sp³-hybridized carbons (Fsp3) is 0.250. The highest BCUT2D eigenvalue weighted by Gasteiger charge is 2.23. The van der Waals surface area contributed by atoms with E-state index in [2.05, 4.69) is 20.7 Å². The van der Waals surface area contributed by atoms with Crippen LogP contribution in [-0.2, 0) is 0 Å². The van der Waals surface area contributed by atoms with Gasteiger partial charge in [0.2, 0.25) is 11.6 Å². The van der Waals surface area contributed by atoms with Crippen LogP contribution in [0, 0.1) is 15.9 Å². The van der Waals surface area contributed by atoms with Gasteiger partial charge in [0.1, 0.15) is 6.61 Å². The van der Waals surface area contributed by atoms with E-state index in [1.54, 1.807) is 0 Å². The first kappa shape index (κ1) is 12.8. The van der Waals surface area contributed by atoms with Crippen LogP contribution in [-0.4, -0.2) is 18.0 Å². The topological polar surface area (TPSA) is 52.4 Å². The van der Waals surface area contributed by atoms with Gasteiger partial charge in [0.15, 0.2) is 0 Å². The minimum Gasteiger partial charge on any atom is -0.481 e. The zero-order valence-electron chi connectivity index (χ0n) is 7.62. The lowest BCUT2D eigenvalue weighted by Crippen LogP contribution is -2.09. The van der Waals surface area contributed by atoms with Gasteiger partial charge in [-0.05, 0) is 6.07 Å². The zero-order valence-corrected chi connectivity index (χ0v) is 9.21. The average Bonchev–Trinajstić information content (AvgIpc) is 2.12. The smallest absolute Gasteiger partial charge is 0.346 e. The fourth-order valence-corrected chi connectivity index (χ4v) is 1.39. The highest BCUT2D eigenvalue weighted by atomic mass is 79.9. The Morgan fingerprint density at radius 2 is 2.12 bits per heavy atom. The SMILES string of the molecule is O=[N+]([O-])c1c(F)cc(Br)cc1OCC(F)F. The van der Waals surface area contributed by atoms with E-state index in [0.29, 0.717) is 0 Å². The number of nitrogens with zero attached hydrogens (tertiary/aromatic N) is 1. The second kappa shape index (κ2) is 5.15. The Hall–Kier alpha value is -1.31. The first-order valence-electron chi connectivity index (χ1n) is 3.96. The summed E-state index contributed by atoms with van der Waals surface area (Å²) in [6, 6.07) is 1.91. The van der Waals surface area contributed by atoms with E-state index in [1.807, 2.05) is 0 Å². The second-order valence-electron chi connectivity index (χ2n) is 2.69. The third-order valence-electron chi connectivity index (χ3n) is 1.54. The van der Waals surface area contributed by atoms with Gasteiger partial charge in [-0.2, -0.15) is 4.39 Å². The molecule has 1 aromatic carbocycles. The largest absolute Gasteiger partial charge is 0.481 e. The molecule has 0 aromatic heterocycles. The molecule has 0 radical (unpaired) electrons. The van der Waals surface area contributed by atoms with Crippen molar-refractivity contribution < 1.29 is 22.8 Å². The van der Waals surface area contributed by atoms with Crippen molar-refractivity contribution >= 4 is 21.6 Å². The molecular weight excluding hydrogens is 295 g/mol. The lowest BCUT2D eigenvalue weighted by Gasteiger charge is -2.06. The molecule has 1 aromatic rings. The molecule has 88 valence electrons. The van der Waals surface area contributed by atoms with E-state index in [9.17, 15) is 23.3 Å². The number of hydrogen-bond acceptors (Lipinski definition) is 3. The Balaban J connectivity index is 3.09. The normalized spacial score (nSPS) is 10.6. The summed E-state index contributed by atoms with van der Waals surface area (Å²) in [6.07, 6.45) is -2.79. The predicted molar refractivity (Wildman–Crippen MR) is 52.3 cm³/mol. The number of nitro groups is 1. The maximum atomic E-state index is 13.1. The molecule has 0 N–H and O–H groups in total. The number of alkyl halides is 2. The van der Waals surface area contributed by atoms with Gasteiger partial charge in [0, 0.05) is 10.5 Å². The Morgan fingerprint density at radius 3 is 2.62 bits per heavy atom. The lowest BCUT2D eigenvalue weighted by molar-refractivity contribution is -0.388. The molecule has 4 nitrogen and oxygen atoms in total. The van der Waals surface area contributed by atoms with E-state index < -0.39 is 35.2 Å². The quantitative estimate of drug-likeness (QED) is 0.634. The highest BCUT2D eigenvalue weighted by Crippen LogP contribution is 2.33. The van der Waals surface area contributed by atoms with Crippen LogP contribution >= 0.6 is 15.9 Å². The summed E-state index contributed by atoms with van der Waals surface area (Å²) in [5, 5.41) is 10.5.